The zero-order valence-corrected chi connectivity index (χ0v) is 21.0. The topological polar surface area (TPSA) is 38.8 Å². The van der Waals surface area contributed by atoms with E-state index < -0.39 is 0 Å². The number of amides is 1. The Morgan fingerprint density at radius 3 is 2.12 bits per heavy atom. The lowest BCUT2D eigenvalue weighted by molar-refractivity contribution is 0.0773. The molecule has 0 aromatic heterocycles. The summed E-state index contributed by atoms with van der Waals surface area (Å²) in [5.41, 5.74) is 4.66. The van der Waals surface area contributed by atoms with Crippen LogP contribution in [0.15, 0.2) is 48.5 Å². The van der Waals surface area contributed by atoms with Gasteiger partial charge in [-0.15, -0.1) is 0 Å². The third-order valence-corrected chi connectivity index (χ3v) is 6.58. The molecule has 1 fully saturated rings. The molecule has 2 aromatic carbocycles. The summed E-state index contributed by atoms with van der Waals surface area (Å²) in [5.74, 6) is 0.113. The second kappa shape index (κ2) is 12.8. The Hall–Kier alpha value is -2.37. The number of carbonyl (C=O) groups is 1. The largest absolute Gasteiger partial charge is 0.372 e. The normalized spacial score (nSPS) is 15.3. The van der Waals surface area contributed by atoms with E-state index in [9.17, 15) is 4.79 Å². The molecule has 5 nitrogen and oxygen atoms in total. The van der Waals surface area contributed by atoms with Crippen molar-refractivity contribution in [1.82, 2.24) is 15.1 Å². The predicted octanol–water partition coefficient (Wildman–Crippen LogP) is 4.79. The van der Waals surface area contributed by atoms with E-state index in [0.717, 1.165) is 70.8 Å². The molecule has 0 bridgehead atoms. The summed E-state index contributed by atoms with van der Waals surface area (Å²) >= 11 is 0. The van der Waals surface area contributed by atoms with Gasteiger partial charge in [0.15, 0.2) is 0 Å². The molecule has 0 radical (unpaired) electrons. The van der Waals surface area contributed by atoms with Crippen molar-refractivity contribution in [2.45, 2.75) is 46.6 Å². The van der Waals surface area contributed by atoms with E-state index in [4.69, 9.17) is 0 Å². The van der Waals surface area contributed by atoms with Gasteiger partial charge in [0, 0.05) is 63.6 Å². The van der Waals surface area contributed by atoms with E-state index in [1.807, 2.05) is 30.9 Å². The zero-order chi connectivity index (χ0) is 23.6. The van der Waals surface area contributed by atoms with Crippen LogP contribution in [-0.2, 0) is 0 Å². The molecule has 33 heavy (non-hydrogen) atoms. The van der Waals surface area contributed by atoms with Crippen molar-refractivity contribution >= 4 is 11.6 Å². The van der Waals surface area contributed by atoms with Crippen molar-refractivity contribution in [3.05, 3.63) is 65.2 Å². The van der Waals surface area contributed by atoms with E-state index in [-0.39, 0.29) is 11.9 Å². The van der Waals surface area contributed by atoms with Crippen LogP contribution in [-0.4, -0.2) is 68.1 Å². The highest BCUT2D eigenvalue weighted by molar-refractivity contribution is 5.94. The Kier molecular flexibility index (Phi) is 9.76. The van der Waals surface area contributed by atoms with Crippen LogP contribution < -0.4 is 10.2 Å². The number of anilines is 1. The second-order valence-corrected chi connectivity index (χ2v) is 8.87. The summed E-state index contributed by atoms with van der Waals surface area (Å²) < 4.78 is 0. The van der Waals surface area contributed by atoms with Crippen molar-refractivity contribution < 1.29 is 4.79 Å². The molecule has 0 saturated carbocycles. The predicted molar refractivity (Wildman–Crippen MR) is 139 cm³/mol. The van der Waals surface area contributed by atoms with Crippen molar-refractivity contribution in [3.8, 4) is 0 Å². The molecule has 1 aliphatic rings. The lowest BCUT2D eigenvalue weighted by atomic mass is 9.94. The van der Waals surface area contributed by atoms with Crippen molar-refractivity contribution in [3.63, 3.8) is 0 Å². The van der Waals surface area contributed by atoms with Gasteiger partial charge < -0.3 is 15.1 Å². The van der Waals surface area contributed by atoms with E-state index in [1.54, 1.807) is 0 Å². The molecular formula is C28H42N4O. The maximum absolute atomic E-state index is 12.8. The molecule has 1 unspecified atom stereocenters. The molecule has 2 aromatic rings. The van der Waals surface area contributed by atoms with Gasteiger partial charge in [0.1, 0.15) is 0 Å². The van der Waals surface area contributed by atoms with Crippen molar-refractivity contribution in [1.29, 1.82) is 0 Å². The summed E-state index contributed by atoms with van der Waals surface area (Å²) in [7, 11) is 0. The van der Waals surface area contributed by atoms with Gasteiger partial charge in [-0.25, -0.2) is 0 Å². The summed E-state index contributed by atoms with van der Waals surface area (Å²) in [5, 5.41) is 3.48. The lowest BCUT2D eigenvalue weighted by Gasteiger charge is -2.36. The van der Waals surface area contributed by atoms with Crippen molar-refractivity contribution in [2.75, 3.05) is 57.3 Å². The molecule has 3 rings (SSSR count). The molecule has 1 N–H and O–H groups in total. The van der Waals surface area contributed by atoms with Crippen LogP contribution in [0.1, 0.15) is 68.1 Å². The fourth-order valence-electron chi connectivity index (χ4n) is 4.86. The quantitative estimate of drug-likeness (QED) is 0.534. The van der Waals surface area contributed by atoms with Gasteiger partial charge in [-0.2, -0.15) is 0 Å². The average Bonchev–Trinajstić information content (AvgIpc) is 2.86. The maximum Gasteiger partial charge on any atom is 0.253 e. The molecule has 1 aliphatic heterocycles. The van der Waals surface area contributed by atoms with Gasteiger partial charge in [-0.3, -0.25) is 9.69 Å². The fraction of sp³-hybridized carbons (Fsp3) is 0.536. The van der Waals surface area contributed by atoms with Crippen LogP contribution in [0.25, 0.3) is 0 Å². The number of nitrogens with one attached hydrogen (secondary N) is 1. The van der Waals surface area contributed by atoms with E-state index in [0.29, 0.717) is 0 Å². The Morgan fingerprint density at radius 1 is 0.909 bits per heavy atom. The smallest absolute Gasteiger partial charge is 0.253 e. The number of hydrogen-bond acceptors (Lipinski definition) is 4. The SMILES string of the molecule is CCCN(CCC)c1cccc(C(c2ccc(C(=O)N(CC)CC)cc2)N2CCNCC2)c1. The second-order valence-electron chi connectivity index (χ2n) is 8.87. The maximum atomic E-state index is 12.8. The summed E-state index contributed by atoms with van der Waals surface area (Å²) in [4.78, 5) is 19.8. The van der Waals surface area contributed by atoms with Crippen LogP contribution in [0.5, 0.6) is 0 Å². The van der Waals surface area contributed by atoms with Gasteiger partial charge >= 0.3 is 0 Å². The molecule has 5 heteroatoms. The van der Waals surface area contributed by atoms with E-state index in [1.165, 1.54) is 16.8 Å². The highest BCUT2D eigenvalue weighted by atomic mass is 16.2. The Bertz CT molecular complexity index is 850. The molecule has 1 atom stereocenters. The Labute approximate surface area is 200 Å². The first-order valence-electron chi connectivity index (χ1n) is 12.8. The first-order chi connectivity index (χ1) is 16.1. The zero-order valence-electron chi connectivity index (χ0n) is 21.0. The van der Waals surface area contributed by atoms with Gasteiger partial charge in [0.2, 0.25) is 0 Å². The first kappa shape index (κ1) is 25.3. The minimum absolute atomic E-state index is 0.113. The van der Waals surface area contributed by atoms with E-state index >= 15 is 0 Å². The molecule has 1 heterocycles. The third kappa shape index (κ3) is 6.36. The van der Waals surface area contributed by atoms with Crippen LogP contribution in [0, 0.1) is 0 Å². The Morgan fingerprint density at radius 2 is 1.55 bits per heavy atom. The average molecular weight is 451 g/mol. The summed E-state index contributed by atoms with van der Waals surface area (Å²) in [6, 6.07) is 17.6. The Balaban J connectivity index is 1.94. The summed E-state index contributed by atoms with van der Waals surface area (Å²) in [6.07, 6.45) is 2.29. The number of carbonyl (C=O) groups excluding carboxylic acids is 1. The van der Waals surface area contributed by atoms with Crippen molar-refractivity contribution in [2.24, 2.45) is 0 Å². The highest BCUT2D eigenvalue weighted by Crippen LogP contribution is 2.32. The molecule has 1 amide bonds. The number of nitrogens with zero attached hydrogens (tertiary/aromatic N) is 3. The monoisotopic (exact) mass is 450 g/mol. The minimum atomic E-state index is 0.113. The van der Waals surface area contributed by atoms with Gasteiger partial charge in [0.05, 0.1) is 6.04 Å². The number of benzene rings is 2. The third-order valence-electron chi connectivity index (χ3n) is 6.58. The minimum Gasteiger partial charge on any atom is -0.372 e. The molecule has 0 aliphatic carbocycles. The molecular weight excluding hydrogens is 408 g/mol. The summed E-state index contributed by atoms with van der Waals surface area (Å²) in [6.45, 7) is 16.2. The first-order valence-corrected chi connectivity index (χ1v) is 12.8. The molecule has 0 spiro atoms. The molecule has 180 valence electrons. The molecule has 1 saturated heterocycles. The van der Waals surface area contributed by atoms with E-state index in [2.05, 4.69) is 65.4 Å². The highest BCUT2D eigenvalue weighted by Gasteiger charge is 2.25. The fourth-order valence-corrected chi connectivity index (χ4v) is 4.86. The lowest BCUT2D eigenvalue weighted by Crippen LogP contribution is -2.45. The van der Waals surface area contributed by atoms with Gasteiger partial charge in [-0.05, 0) is 62.1 Å². The number of rotatable bonds is 11. The van der Waals surface area contributed by atoms with Crippen LogP contribution in [0.4, 0.5) is 5.69 Å². The number of piperazine rings is 1. The van der Waals surface area contributed by atoms with Crippen LogP contribution >= 0.6 is 0 Å². The number of hydrogen-bond donors (Lipinski definition) is 1. The standard InChI is InChI=1S/C28H42N4O/c1-5-18-31(19-6-2)26-11-9-10-25(22-26)27(32-20-16-29-17-21-32)23-12-14-24(15-13-23)28(33)30(7-3)8-4/h9-15,22,27,29H,5-8,16-21H2,1-4H3. The van der Waals surface area contributed by atoms with Crippen LogP contribution in [0.3, 0.4) is 0 Å². The van der Waals surface area contributed by atoms with Gasteiger partial charge in [0.25, 0.3) is 5.91 Å². The van der Waals surface area contributed by atoms with Crippen LogP contribution in [0.2, 0.25) is 0 Å². The van der Waals surface area contributed by atoms with Gasteiger partial charge in [-0.1, -0.05) is 38.1 Å².